The number of amides is 1. The average molecular weight is 558 g/mol. The normalized spacial score (nSPS) is 12.1. The Morgan fingerprint density at radius 2 is 1.88 bits per heavy atom. The van der Waals surface area contributed by atoms with Gasteiger partial charge in [-0.1, -0.05) is 13.8 Å². The Kier molecular flexibility index (Phi) is 6.67. The first-order valence-corrected chi connectivity index (χ1v) is 11.2. The summed E-state index contributed by atoms with van der Waals surface area (Å²) in [6, 6.07) is 7.74. The summed E-state index contributed by atoms with van der Waals surface area (Å²) in [6.07, 6.45) is 4.32. The Hall–Kier alpha value is -3.35. The van der Waals surface area contributed by atoms with Crippen molar-refractivity contribution in [1.29, 1.82) is 0 Å². The number of nitrogens with one attached hydrogen (secondary N) is 1. The van der Waals surface area contributed by atoms with E-state index < -0.39 is 5.82 Å². The Labute approximate surface area is 203 Å². The van der Waals surface area contributed by atoms with Gasteiger partial charge in [0, 0.05) is 29.4 Å². The number of nitrogens with zero attached hydrogens (tertiary/aromatic N) is 7. The third-order valence-electron chi connectivity index (χ3n) is 4.89. The van der Waals surface area contributed by atoms with Crippen LogP contribution in [0.25, 0.3) is 16.9 Å². The zero-order chi connectivity index (χ0) is 23.5. The van der Waals surface area contributed by atoms with Crippen LogP contribution in [0.2, 0.25) is 0 Å². The largest absolute Gasteiger partial charge is 0.344 e. The average Bonchev–Trinajstić information content (AvgIpc) is 3.30. The molecule has 33 heavy (non-hydrogen) atoms. The summed E-state index contributed by atoms with van der Waals surface area (Å²) >= 11 is 2.09. The molecule has 3 heterocycles. The highest BCUT2D eigenvalue weighted by Crippen LogP contribution is 2.25. The van der Waals surface area contributed by atoms with E-state index in [2.05, 4.69) is 58.4 Å². The molecule has 0 spiro atoms. The molecule has 168 valence electrons. The van der Waals surface area contributed by atoms with Gasteiger partial charge >= 0.3 is 0 Å². The van der Waals surface area contributed by atoms with Crippen molar-refractivity contribution in [3.8, 4) is 16.9 Å². The lowest BCUT2D eigenvalue weighted by atomic mass is 10.0. The zero-order valence-electron chi connectivity index (χ0n) is 18.1. The summed E-state index contributed by atoms with van der Waals surface area (Å²) in [5, 5.41) is 15.0. The number of tetrazole rings is 1. The van der Waals surface area contributed by atoms with Gasteiger partial charge in [-0.25, -0.2) is 9.37 Å². The number of carbonyl (C=O) groups is 1. The SMILES string of the molecule is CC(C)c1nnnn1-c1cc(C(=O)NC(C)c2nccnc2I)cc(-c2ccc(F)cn2)c1. The second kappa shape index (κ2) is 9.65. The summed E-state index contributed by atoms with van der Waals surface area (Å²) in [5.41, 5.74) is 2.79. The van der Waals surface area contributed by atoms with E-state index in [9.17, 15) is 9.18 Å². The molecule has 4 aromatic rings. The number of pyridine rings is 1. The van der Waals surface area contributed by atoms with Crippen LogP contribution in [-0.2, 0) is 0 Å². The van der Waals surface area contributed by atoms with Gasteiger partial charge in [0.25, 0.3) is 5.91 Å². The van der Waals surface area contributed by atoms with Crippen LogP contribution in [0.4, 0.5) is 4.39 Å². The van der Waals surface area contributed by atoms with Crippen molar-refractivity contribution in [2.75, 3.05) is 0 Å². The molecule has 0 aliphatic rings. The van der Waals surface area contributed by atoms with E-state index in [1.54, 1.807) is 35.3 Å². The number of aromatic nitrogens is 7. The lowest BCUT2D eigenvalue weighted by Gasteiger charge is -2.16. The van der Waals surface area contributed by atoms with Crippen molar-refractivity contribution in [1.82, 2.24) is 40.5 Å². The van der Waals surface area contributed by atoms with Gasteiger partial charge in [-0.15, -0.1) is 5.10 Å². The van der Waals surface area contributed by atoms with Crippen LogP contribution in [0.3, 0.4) is 0 Å². The summed E-state index contributed by atoms with van der Waals surface area (Å²) in [4.78, 5) is 25.9. The van der Waals surface area contributed by atoms with Crippen molar-refractivity contribution in [3.63, 3.8) is 0 Å². The molecule has 0 aliphatic heterocycles. The fourth-order valence-electron chi connectivity index (χ4n) is 3.27. The number of benzene rings is 1. The standard InChI is InChI=1S/C22H20FIN8O/c1-12(2)21-29-30-31-32(21)17-9-14(18-5-4-16(23)11-27-18)8-15(10-17)22(33)28-13(3)19-20(24)26-7-6-25-19/h4-13H,1-3H3,(H,28,33). The first-order chi connectivity index (χ1) is 15.8. The Morgan fingerprint density at radius 1 is 1.09 bits per heavy atom. The van der Waals surface area contributed by atoms with Gasteiger partial charge < -0.3 is 5.32 Å². The molecule has 0 aliphatic carbocycles. The molecule has 0 fully saturated rings. The number of rotatable bonds is 6. The topological polar surface area (TPSA) is 111 Å². The van der Waals surface area contributed by atoms with E-state index in [0.717, 1.165) is 6.20 Å². The highest BCUT2D eigenvalue weighted by atomic mass is 127. The first kappa shape index (κ1) is 22.8. The smallest absolute Gasteiger partial charge is 0.251 e. The van der Waals surface area contributed by atoms with Gasteiger partial charge in [-0.05, 0) is 70.3 Å². The van der Waals surface area contributed by atoms with Crippen molar-refractivity contribution < 1.29 is 9.18 Å². The fourth-order valence-corrected chi connectivity index (χ4v) is 4.03. The van der Waals surface area contributed by atoms with E-state index in [1.807, 2.05) is 26.8 Å². The maximum absolute atomic E-state index is 13.4. The zero-order valence-corrected chi connectivity index (χ0v) is 20.2. The lowest BCUT2D eigenvalue weighted by Crippen LogP contribution is -2.28. The van der Waals surface area contributed by atoms with Crippen LogP contribution in [0.1, 0.15) is 54.6 Å². The van der Waals surface area contributed by atoms with E-state index in [4.69, 9.17) is 0 Å². The Bertz CT molecular complexity index is 1290. The third-order valence-corrected chi connectivity index (χ3v) is 5.73. The van der Waals surface area contributed by atoms with Crippen LogP contribution in [-0.4, -0.2) is 41.1 Å². The predicted molar refractivity (Wildman–Crippen MR) is 127 cm³/mol. The Balaban J connectivity index is 1.76. The van der Waals surface area contributed by atoms with E-state index in [1.165, 1.54) is 6.07 Å². The molecule has 0 saturated heterocycles. The van der Waals surface area contributed by atoms with Crippen LogP contribution in [0, 0.1) is 9.52 Å². The van der Waals surface area contributed by atoms with Gasteiger partial charge in [-0.2, -0.15) is 4.68 Å². The van der Waals surface area contributed by atoms with E-state index in [-0.39, 0.29) is 17.9 Å². The van der Waals surface area contributed by atoms with Crippen molar-refractivity contribution in [2.24, 2.45) is 0 Å². The molecule has 9 nitrogen and oxygen atoms in total. The third kappa shape index (κ3) is 5.02. The molecule has 1 N–H and O–H groups in total. The quantitative estimate of drug-likeness (QED) is 0.358. The number of halogens is 2. The second-order valence-corrected chi connectivity index (χ2v) is 8.68. The minimum Gasteiger partial charge on any atom is -0.344 e. The maximum atomic E-state index is 13.4. The first-order valence-electron chi connectivity index (χ1n) is 10.2. The molecule has 0 bridgehead atoms. The summed E-state index contributed by atoms with van der Waals surface area (Å²) in [6.45, 7) is 5.80. The van der Waals surface area contributed by atoms with Crippen molar-refractivity contribution in [3.05, 3.63) is 75.5 Å². The van der Waals surface area contributed by atoms with Crippen LogP contribution in [0.15, 0.2) is 48.9 Å². The molecular weight excluding hydrogens is 538 g/mol. The molecule has 3 aromatic heterocycles. The number of carbonyl (C=O) groups excluding carboxylic acids is 1. The molecule has 0 saturated carbocycles. The van der Waals surface area contributed by atoms with Gasteiger partial charge in [-0.3, -0.25) is 14.8 Å². The predicted octanol–water partition coefficient (Wildman–Crippen LogP) is 3.87. The molecule has 1 unspecified atom stereocenters. The van der Waals surface area contributed by atoms with E-state index >= 15 is 0 Å². The molecule has 0 radical (unpaired) electrons. The summed E-state index contributed by atoms with van der Waals surface area (Å²) < 4.78 is 15.7. The fraction of sp³-hybridized carbons (Fsp3) is 0.227. The van der Waals surface area contributed by atoms with E-state index in [0.29, 0.717) is 37.7 Å². The monoisotopic (exact) mass is 558 g/mol. The highest BCUT2D eigenvalue weighted by molar-refractivity contribution is 14.1. The van der Waals surface area contributed by atoms with Crippen LogP contribution in [0.5, 0.6) is 0 Å². The molecule has 1 amide bonds. The second-order valence-electron chi connectivity index (χ2n) is 7.66. The molecule has 1 atom stereocenters. The minimum atomic E-state index is -0.442. The van der Waals surface area contributed by atoms with Crippen LogP contribution < -0.4 is 5.32 Å². The molecule has 11 heteroatoms. The lowest BCUT2D eigenvalue weighted by molar-refractivity contribution is 0.0939. The Morgan fingerprint density at radius 3 is 2.58 bits per heavy atom. The van der Waals surface area contributed by atoms with Gasteiger partial charge in [0.15, 0.2) is 5.82 Å². The minimum absolute atomic E-state index is 0.0589. The van der Waals surface area contributed by atoms with Gasteiger partial charge in [0.1, 0.15) is 9.52 Å². The van der Waals surface area contributed by atoms with Crippen LogP contribution >= 0.6 is 22.6 Å². The highest BCUT2D eigenvalue weighted by Gasteiger charge is 2.19. The molecule has 4 rings (SSSR count). The number of hydrogen-bond donors (Lipinski definition) is 1. The summed E-state index contributed by atoms with van der Waals surface area (Å²) in [7, 11) is 0. The van der Waals surface area contributed by atoms with Gasteiger partial charge in [0.05, 0.1) is 29.3 Å². The van der Waals surface area contributed by atoms with Crippen molar-refractivity contribution in [2.45, 2.75) is 32.7 Å². The van der Waals surface area contributed by atoms with Crippen molar-refractivity contribution >= 4 is 28.5 Å². The number of hydrogen-bond acceptors (Lipinski definition) is 7. The summed E-state index contributed by atoms with van der Waals surface area (Å²) in [5.74, 6) is -0.0483. The molecular formula is C22H20FIN8O. The van der Waals surface area contributed by atoms with Gasteiger partial charge in [0.2, 0.25) is 0 Å². The maximum Gasteiger partial charge on any atom is 0.251 e. The molecule has 1 aromatic carbocycles.